The van der Waals surface area contributed by atoms with E-state index in [0.717, 1.165) is 18.4 Å². The molecule has 0 amide bonds. The van der Waals surface area contributed by atoms with Crippen molar-refractivity contribution in [2.75, 3.05) is 12.3 Å². The van der Waals surface area contributed by atoms with Crippen LogP contribution in [0.15, 0.2) is 23.1 Å². The summed E-state index contributed by atoms with van der Waals surface area (Å²) in [6.07, 6.45) is 1.88. The quantitative estimate of drug-likeness (QED) is 0.813. The molecule has 1 aliphatic rings. The van der Waals surface area contributed by atoms with E-state index in [2.05, 4.69) is 18.6 Å². The van der Waals surface area contributed by atoms with Gasteiger partial charge in [-0.05, 0) is 41.9 Å². The highest BCUT2D eigenvalue weighted by Crippen LogP contribution is 2.51. The third-order valence-corrected chi connectivity index (χ3v) is 5.47. The number of sulfonamides is 1. The van der Waals surface area contributed by atoms with Crippen molar-refractivity contribution in [3.05, 3.63) is 23.8 Å². The van der Waals surface area contributed by atoms with Crippen molar-refractivity contribution in [3.63, 3.8) is 0 Å². The van der Waals surface area contributed by atoms with Crippen LogP contribution in [-0.2, 0) is 16.4 Å². The van der Waals surface area contributed by atoms with Gasteiger partial charge in [0.25, 0.3) is 0 Å². The summed E-state index contributed by atoms with van der Waals surface area (Å²) in [6.45, 7) is 6.80. The van der Waals surface area contributed by atoms with Crippen LogP contribution < -0.4 is 10.5 Å². The number of aryl methyl sites for hydroxylation is 1. The molecular weight excluding hydrogens is 260 g/mol. The Bertz CT molecular complexity index is 579. The Hall–Kier alpha value is -1.07. The highest BCUT2D eigenvalue weighted by molar-refractivity contribution is 7.89. The Morgan fingerprint density at radius 2 is 2.05 bits per heavy atom. The first-order valence-electron chi connectivity index (χ1n) is 6.64. The summed E-state index contributed by atoms with van der Waals surface area (Å²) in [5, 5.41) is 0. The smallest absolute Gasteiger partial charge is 0.240 e. The highest BCUT2D eigenvalue weighted by atomic mass is 32.2. The monoisotopic (exact) mass is 282 g/mol. The van der Waals surface area contributed by atoms with E-state index in [1.54, 1.807) is 18.2 Å². The molecule has 0 saturated heterocycles. The molecule has 5 heteroatoms. The van der Waals surface area contributed by atoms with Crippen LogP contribution in [0, 0.1) is 11.3 Å². The van der Waals surface area contributed by atoms with Gasteiger partial charge in [0.1, 0.15) is 0 Å². The van der Waals surface area contributed by atoms with Crippen LogP contribution in [0.5, 0.6) is 0 Å². The molecule has 1 saturated carbocycles. The summed E-state index contributed by atoms with van der Waals surface area (Å²) in [6, 6.07) is 4.94. The Morgan fingerprint density at radius 1 is 1.42 bits per heavy atom. The van der Waals surface area contributed by atoms with E-state index in [1.807, 2.05) is 6.92 Å². The van der Waals surface area contributed by atoms with Crippen LogP contribution in [-0.4, -0.2) is 15.0 Å². The largest absolute Gasteiger partial charge is 0.398 e. The second kappa shape index (κ2) is 4.80. The summed E-state index contributed by atoms with van der Waals surface area (Å²) in [7, 11) is -3.44. The van der Waals surface area contributed by atoms with Gasteiger partial charge in [-0.3, -0.25) is 0 Å². The zero-order valence-corrected chi connectivity index (χ0v) is 12.5. The SMILES string of the molecule is CCc1ccc(S(=O)(=O)NCC2CC2(C)C)cc1N. The number of hydrogen-bond donors (Lipinski definition) is 2. The molecule has 1 aromatic carbocycles. The molecule has 1 unspecified atom stereocenters. The van der Waals surface area contributed by atoms with Crippen molar-refractivity contribution in [1.82, 2.24) is 4.72 Å². The summed E-state index contributed by atoms with van der Waals surface area (Å²) < 4.78 is 27.0. The topological polar surface area (TPSA) is 72.2 Å². The summed E-state index contributed by atoms with van der Waals surface area (Å²) in [5.74, 6) is 0.439. The van der Waals surface area contributed by atoms with Crippen molar-refractivity contribution in [1.29, 1.82) is 0 Å². The van der Waals surface area contributed by atoms with E-state index in [1.165, 1.54) is 0 Å². The van der Waals surface area contributed by atoms with E-state index in [-0.39, 0.29) is 10.3 Å². The third-order valence-electron chi connectivity index (χ3n) is 4.05. The van der Waals surface area contributed by atoms with E-state index >= 15 is 0 Å². The highest BCUT2D eigenvalue weighted by Gasteiger charge is 2.45. The maximum absolute atomic E-state index is 12.2. The van der Waals surface area contributed by atoms with E-state index in [4.69, 9.17) is 5.73 Å². The lowest BCUT2D eigenvalue weighted by Gasteiger charge is -2.10. The predicted octanol–water partition coefficient (Wildman–Crippen LogP) is 2.16. The van der Waals surface area contributed by atoms with Crippen molar-refractivity contribution >= 4 is 15.7 Å². The van der Waals surface area contributed by atoms with E-state index in [9.17, 15) is 8.42 Å². The zero-order chi connectivity index (χ0) is 14.3. The molecule has 0 heterocycles. The molecule has 19 heavy (non-hydrogen) atoms. The third kappa shape index (κ3) is 3.09. The summed E-state index contributed by atoms with van der Waals surface area (Å²) >= 11 is 0. The molecule has 1 atom stereocenters. The zero-order valence-electron chi connectivity index (χ0n) is 11.7. The van der Waals surface area contributed by atoms with Crippen LogP contribution in [0.4, 0.5) is 5.69 Å². The molecule has 106 valence electrons. The molecule has 1 aromatic rings. The van der Waals surface area contributed by atoms with Crippen LogP contribution in [0.25, 0.3) is 0 Å². The van der Waals surface area contributed by atoms with Crippen molar-refractivity contribution in [2.45, 2.75) is 38.5 Å². The summed E-state index contributed by atoms with van der Waals surface area (Å²) in [4.78, 5) is 0.251. The molecule has 0 aliphatic heterocycles. The van der Waals surface area contributed by atoms with E-state index < -0.39 is 10.0 Å². The molecule has 0 aromatic heterocycles. The predicted molar refractivity (Wildman–Crippen MR) is 77.3 cm³/mol. The first-order valence-corrected chi connectivity index (χ1v) is 8.12. The van der Waals surface area contributed by atoms with Gasteiger partial charge in [0.15, 0.2) is 0 Å². The number of hydrogen-bond acceptors (Lipinski definition) is 3. The Morgan fingerprint density at radius 3 is 2.53 bits per heavy atom. The second-order valence-corrected chi connectivity index (χ2v) is 7.72. The minimum atomic E-state index is -3.44. The fourth-order valence-corrected chi connectivity index (χ4v) is 3.40. The number of nitrogen functional groups attached to an aromatic ring is 1. The molecule has 2 rings (SSSR count). The van der Waals surface area contributed by atoms with Gasteiger partial charge in [0.2, 0.25) is 10.0 Å². The fraction of sp³-hybridized carbons (Fsp3) is 0.571. The van der Waals surface area contributed by atoms with Crippen LogP contribution in [0.2, 0.25) is 0 Å². The number of anilines is 1. The summed E-state index contributed by atoms with van der Waals surface area (Å²) in [5.41, 5.74) is 7.63. The van der Waals surface area contributed by atoms with Gasteiger partial charge in [-0.25, -0.2) is 13.1 Å². The lowest BCUT2D eigenvalue weighted by molar-refractivity contribution is 0.537. The van der Waals surface area contributed by atoms with Crippen LogP contribution >= 0.6 is 0 Å². The molecule has 4 nitrogen and oxygen atoms in total. The first-order chi connectivity index (χ1) is 8.76. The van der Waals surface area contributed by atoms with Gasteiger partial charge in [-0.2, -0.15) is 0 Å². The Balaban J connectivity index is 2.09. The van der Waals surface area contributed by atoms with E-state index in [0.29, 0.717) is 18.2 Å². The van der Waals surface area contributed by atoms with Crippen LogP contribution in [0.1, 0.15) is 32.8 Å². The van der Waals surface area contributed by atoms with Gasteiger partial charge in [-0.15, -0.1) is 0 Å². The number of nitrogens with two attached hydrogens (primary N) is 1. The first kappa shape index (κ1) is 14.3. The molecule has 0 spiro atoms. The van der Waals surface area contributed by atoms with Crippen LogP contribution in [0.3, 0.4) is 0 Å². The Labute approximate surface area is 115 Å². The maximum atomic E-state index is 12.2. The van der Waals surface area contributed by atoms with Gasteiger partial charge >= 0.3 is 0 Å². The molecule has 1 aliphatic carbocycles. The van der Waals surface area contributed by atoms with Crippen molar-refractivity contribution < 1.29 is 8.42 Å². The second-order valence-electron chi connectivity index (χ2n) is 5.96. The maximum Gasteiger partial charge on any atom is 0.240 e. The molecule has 0 bridgehead atoms. The number of benzene rings is 1. The van der Waals surface area contributed by atoms with Gasteiger partial charge in [0.05, 0.1) is 4.90 Å². The Kier molecular flexibility index (Phi) is 3.62. The van der Waals surface area contributed by atoms with Gasteiger partial charge < -0.3 is 5.73 Å². The van der Waals surface area contributed by atoms with Crippen molar-refractivity contribution in [2.24, 2.45) is 11.3 Å². The normalized spacial score (nSPS) is 21.3. The molecule has 0 radical (unpaired) electrons. The minimum absolute atomic E-state index is 0.251. The van der Waals surface area contributed by atoms with Crippen molar-refractivity contribution in [3.8, 4) is 0 Å². The number of rotatable bonds is 5. The average Bonchev–Trinajstić information content (AvgIpc) is 2.95. The molecule has 1 fully saturated rings. The fourth-order valence-electron chi connectivity index (χ4n) is 2.28. The standard InChI is InChI=1S/C14H22N2O2S/c1-4-10-5-6-12(7-13(10)15)19(17,18)16-9-11-8-14(11,2)3/h5-7,11,16H,4,8-9,15H2,1-3H3. The van der Waals surface area contributed by atoms with Gasteiger partial charge in [0, 0.05) is 12.2 Å². The van der Waals surface area contributed by atoms with Gasteiger partial charge in [-0.1, -0.05) is 26.8 Å². The lowest BCUT2D eigenvalue weighted by atomic mass is 10.1. The minimum Gasteiger partial charge on any atom is -0.398 e. The average molecular weight is 282 g/mol. The molecular formula is C14H22N2O2S. The lowest BCUT2D eigenvalue weighted by Crippen LogP contribution is -2.27. The molecule has 3 N–H and O–H groups in total. The number of nitrogens with one attached hydrogen (secondary N) is 1.